The first-order valence-electron chi connectivity index (χ1n) is 7.26. The summed E-state index contributed by atoms with van der Waals surface area (Å²) in [6.07, 6.45) is 0. The number of benzene rings is 2. The first-order valence-corrected chi connectivity index (χ1v) is 7.26. The Kier molecular flexibility index (Phi) is 4.51. The molecule has 0 spiro atoms. The number of aryl methyl sites for hydroxylation is 1. The van der Waals surface area contributed by atoms with Crippen molar-refractivity contribution in [2.24, 2.45) is 0 Å². The Labute approximate surface area is 140 Å². The molecule has 0 aliphatic heterocycles. The molecule has 0 saturated carbocycles. The highest BCUT2D eigenvalue weighted by Crippen LogP contribution is 2.23. The summed E-state index contributed by atoms with van der Waals surface area (Å²) >= 11 is 0. The molecule has 8 heteroatoms. The number of amides is 1. The number of nitrogens with zero attached hydrogens (tertiary/aromatic N) is 2. The molecule has 0 unspecified atom stereocenters. The summed E-state index contributed by atoms with van der Waals surface area (Å²) in [7, 11) is 0. The Hall–Kier alpha value is -3.16. The number of halogens is 3. The van der Waals surface area contributed by atoms with E-state index in [0.29, 0.717) is 0 Å². The summed E-state index contributed by atoms with van der Waals surface area (Å²) in [6.45, 7) is 1.53. The van der Waals surface area contributed by atoms with Crippen molar-refractivity contribution >= 4 is 5.91 Å². The van der Waals surface area contributed by atoms with Gasteiger partial charge in [-0.3, -0.25) is 4.79 Å². The van der Waals surface area contributed by atoms with Crippen molar-refractivity contribution in [3.8, 4) is 0 Å². The van der Waals surface area contributed by atoms with E-state index in [1.165, 1.54) is 25.1 Å². The molecule has 2 aromatic carbocycles. The molecule has 1 amide bonds. The minimum Gasteiger partial charge on any atom is -0.340 e. The third-order valence-corrected chi connectivity index (χ3v) is 3.47. The lowest BCUT2D eigenvalue weighted by Crippen LogP contribution is -2.31. The van der Waals surface area contributed by atoms with E-state index in [-0.39, 0.29) is 17.3 Å². The molecule has 128 valence electrons. The lowest BCUT2D eigenvalue weighted by Gasteiger charge is -2.17. The fourth-order valence-electron chi connectivity index (χ4n) is 2.30. The maximum Gasteiger partial charge on any atom is 0.255 e. The first kappa shape index (κ1) is 16.7. The molecule has 3 rings (SSSR count). The molecule has 0 radical (unpaired) electrons. The summed E-state index contributed by atoms with van der Waals surface area (Å²) in [5.41, 5.74) is -0.449. The summed E-state index contributed by atoms with van der Waals surface area (Å²) in [6, 6.07) is 7.01. The van der Waals surface area contributed by atoms with Gasteiger partial charge in [0.15, 0.2) is 5.82 Å². The van der Waals surface area contributed by atoms with Gasteiger partial charge in [0, 0.05) is 12.5 Å². The van der Waals surface area contributed by atoms with Crippen LogP contribution in [0.4, 0.5) is 13.2 Å². The van der Waals surface area contributed by atoms with Crippen molar-refractivity contribution in [2.45, 2.75) is 13.0 Å². The highest BCUT2D eigenvalue weighted by Gasteiger charge is 2.26. The highest BCUT2D eigenvalue weighted by atomic mass is 19.1. The molecule has 5 nitrogen and oxygen atoms in total. The van der Waals surface area contributed by atoms with Crippen LogP contribution in [0.15, 0.2) is 47.0 Å². The van der Waals surface area contributed by atoms with Crippen molar-refractivity contribution in [1.29, 1.82) is 0 Å². The van der Waals surface area contributed by atoms with Gasteiger partial charge < -0.3 is 9.84 Å². The maximum absolute atomic E-state index is 14.2. The van der Waals surface area contributed by atoms with E-state index in [1.807, 2.05) is 0 Å². The molecule has 0 aliphatic rings. The number of hydrogen-bond donors (Lipinski definition) is 1. The van der Waals surface area contributed by atoms with Crippen LogP contribution in [0.1, 0.15) is 33.7 Å². The first-order chi connectivity index (χ1) is 12.0. The molecule has 1 N–H and O–H groups in total. The zero-order chi connectivity index (χ0) is 18.0. The second kappa shape index (κ2) is 6.76. The Balaban J connectivity index is 1.99. The number of aromatic nitrogens is 2. The van der Waals surface area contributed by atoms with Gasteiger partial charge in [-0.25, -0.2) is 13.2 Å². The predicted octanol–water partition coefficient (Wildman–Crippen LogP) is 3.31. The molecule has 3 aromatic rings. The van der Waals surface area contributed by atoms with Crippen molar-refractivity contribution in [1.82, 2.24) is 15.5 Å². The van der Waals surface area contributed by atoms with E-state index >= 15 is 0 Å². The smallest absolute Gasteiger partial charge is 0.255 e. The van der Waals surface area contributed by atoms with Crippen LogP contribution in [0.25, 0.3) is 0 Å². The van der Waals surface area contributed by atoms with Crippen LogP contribution < -0.4 is 5.32 Å². The molecule has 0 aliphatic carbocycles. The zero-order valence-corrected chi connectivity index (χ0v) is 13.0. The normalized spacial score (nSPS) is 12.0. The van der Waals surface area contributed by atoms with Gasteiger partial charge in [-0.2, -0.15) is 4.98 Å². The van der Waals surface area contributed by atoms with Crippen LogP contribution in [-0.2, 0) is 0 Å². The SMILES string of the molecule is Cc1nc([C@@H](NC(=O)c2cc(F)ccc2F)c2ccccc2F)no1. The van der Waals surface area contributed by atoms with Gasteiger partial charge in [0.1, 0.15) is 23.5 Å². The van der Waals surface area contributed by atoms with Crippen LogP contribution in [0.5, 0.6) is 0 Å². The fraction of sp³-hybridized carbons (Fsp3) is 0.118. The topological polar surface area (TPSA) is 68.0 Å². The van der Waals surface area contributed by atoms with Crippen LogP contribution in [0.2, 0.25) is 0 Å². The molecule has 0 fully saturated rings. The third-order valence-electron chi connectivity index (χ3n) is 3.47. The zero-order valence-electron chi connectivity index (χ0n) is 13.0. The van der Waals surface area contributed by atoms with E-state index < -0.39 is 35.0 Å². The Morgan fingerprint density at radius 2 is 1.88 bits per heavy atom. The molecular formula is C17H12F3N3O2. The van der Waals surface area contributed by atoms with E-state index in [2.05, 4.69) is 15.5 Å². The van der Waals surface area contributed by atoms with Crippen LogP contribution >= 0.6 is 0 Å². The van der Waals surface area contributed by atoms with E-state index in [0.717, 1.165) is 18.2 Å². The standard InChI is InChI=1S/C17H12F3N3O2/c1-9-21-16(23-25-9)15(11-4-2-3-5-13(11)19)22-17(24)12-8-10(18)6-7-14(12)20/h2-8,15H,1H3,(H,22,24)/t15-/m0/s1. The fourth-order valence-corrected chi connectivity index (χ4v) is 2.30. The summed E-state index contributed by atoms with van der Waals surface area (Å²) < 4.78 is 46.1. The minimum atomic E-state index is -1.13. The van der Waals surface area contributed by atoms with Gasteiger partial charge in [-0.1, -0.05) is 23.4 Å². The number of carbonyl (C=O) groups excluding carboxylic acids is 1. The van der Waals surface area contributed by atoms with Crippen molar-refractivity contribution in [3.63, 3.8) is 0 Å². The highest BCUT2D eigenvalue weighted by molar-refractivity contribution is 5.94. The monoisotopic (exact) mass is 347 g/mol. The van der Waals surface area contributed by atoms with Gasteiger partial charge >= 0.3 is 0 Å². The van der Waals surface area contributed by atoms with E-state index in [4.69, 9.17) is 4.52 Å². The van der Waals surface area contributed by atoms with Gasteiger partial charge in [-0.15, -0.1) is 0 Å². The molecular weight excluding hydrogens is 335 g/mol. The van der Waals surface area contributed by atoms with E-state index in [1.54, 1.807) is 6.07 Å². The number of nitrogens with one attached hydrogen (secondary N) is 1. The molecule has 0 bridgehead atoms. The maximum atomic E-state index is 14.2. The number of rotatable bonds is 4. The second-order valence-corrected chi connectivity index (χ2v) is 5.22. The van der Waals surface area contributed by atoms with Gasteiger partial charge in [-0.05, 0) is 24.3 Å². The average molecular weight is 347 g/mol. The molecule has 25 heavy (non-hydrogen) atoms. The van der Waals surface area contributed by atoms with E-state index in [9.17, 15) is 18.0 Å². The third kappa shape index (κ3) is 3.52. The summed E-state index contributed by atoms with van der Waals surface area (Å²) in [5, 5.41) is 6.10. The summed E-state index contributed by atoms with van der Waals surface area (Å²) in [5.74, 6) is -3.03. The molecule has 1 aromatic heterocycles. The quantitative estimate of drug-likeness (QED) is 0.786. The second-order valence-electron chi connectivity index (χ2n) is 5.22. The van der Waals surface area contributed by atoms with Crippen molar-refractivity contribution < 1.29 is 22.5 Å². The Morgan fingerprint density at radius 1 is 1.12 bits per heavy atom. The van der Waals surface area contributed by atoms with Gasteiger partial charge in [0.05, 0.1) is 5.56 Å². The Bertz CT molecular complexity index is 927. The Morgan fingerprint density at radius 3 is 2.56 bits per heavy atom. The summed E-state index contributed by atoms with van der Waals surface area (Å²) in [4.78, 5) is 16.4. The lowest BCUT2D eigenvalue weighted by atomic mass is 10.0. The van der Waals surface area contributed by atoms with Crippen LogP contribution in [-0.4, -0.2) is 16.0 Å². The average Bonchev–Trinajstić information content (AvgIpc) is 3.01. The molecule has 0 saturated heterocycles. The van der Waals surface area contributed by atoms with Crippen molar-refractivity contribution in [3.05, 3.63) is 82.8 Å². The van der Waals surface area contributed by atoms with Crippen molar-refractivity contribution in [2.75, 3.05) is 0 Å². The van der Waals surface area contributed by atoms with Crippen LogP contribution in [0.3, 0.4) is 0 Å². The number of carbonyl (C=O) groups is 1. The minimum absolute atomic E-state index is 0.00670. The number of hydrogen-bond acceptors (Lipinski definition) is 4. The van der Waals surface area contributed by atoms with Gasteiger partial charge in [0.2, 0.25) is 5.89 Å². The van der Waals surface area contributed by atoms with Gasteiger partial charge in [0.25, 0.3) is 5.91 Å². The largest absolute Gasteiger partial charge is 0.340 e. The van der Waals surface area contributed by atoms with Crippen LogP contribution in [0, 0.1) is 24.4 Å². The predicted molar refractivity (Wildman–Crippen MR) is 81.1 cm³/mol. The molecule has 1 atom stereocenters. The lowest BCUT2D eigenvalue weighted by molar-refractivity contribution is 0.0936. The molecule has 1 heterocycles.